The Balaban J connectivity index is 1.50. The molecule has 28 heavy (non-hydrogen) atoms. The highest BCUT2D eigenvalue weighted by molar-refractivity contribution is 5.91. The average molecular weight is 380 g/mol. The second-order valence-corrected chi connectivity index (χ2v) is 5.97. The molecule has 0 radical (unpaired) electrons. The van der Waals surface area contributed by atoms with Gasteiger partial charge in [-0.3, -0.25) is 9.78 Å². The van der Waals surface area contributed by atoms with Crippen LogP contribution in [0.5, 0.6) is 11.5 Å². The fraction of sp³-hybridized carbons (Fsp3) is 0.0909. The number of hydrogen-bond donors (Lipinski definition) is 1. The Bertz CT molecular complexity index is 975. The lowest BCUT2D eigenvalue weighted by Crippen LogP contribution is -2.23. The number of nitrogens with one attached hydrogen (secondary N) is 1. The minimum atomic E-state index is -0.587. The van der Waals surface area contributed by atoms with Crippen molar-refractivity contribution in [3.05, 3.63) is 95.8 Å². The highest BCUT2D eigenvalue weighted by Gasteiger charge is 2.03. The molecule has 0 unspecified atom stereocenters. The van der Waals surface area contributed by atoms with Gasteiger partial charge >= 0.3 is 0 Å². The molecule has 0 saturated carbocycles. The number of carbonyl (C=O) groups is 1. The average Bonchev–Trinajstić information content (AvgIpc) is 2.70. The van der Waals surface area contributed by atoms with Gasteiger partial charge in [-0.15, -0.1) is 0 Å². The van der Waals surface area contributed by atoms with Crippen LogP contribution in [0.1, 0.15) is 11.1 Å². The number of aromatic nitrogens is 1. The summed E-state index contributed by atoms with van der Waals surface area (Å²) in [5, 5.41) is 2.71. The molecule has 1 N–H and O–H groups in total. The fourth-order valence-corrected chi connectivity index (χ4v) is 2.50. The van der Waals surface area contributed by atoms with E-state index in [4.69, 9.17) is 4.74 Å². The molecule has 1 amide bonds. The van der Waals surface area contributed by atoms with Gasteiger partial charge in [0.2, 0.25) is 5.91 Å². The number of amides is 1. The number of halogens is 2. The van der Waals surface area contributed by atoms with Crippen LogP contribution in [0.2, 0.25) is 0 Å². The Kier molecular flexibility index (Phi) is 6.46. The van der Waals surface area contributed by atoms with Crippen molar-refractivity contribution in [2.75, 3.05) is 6.54 Å². The molecule has 0 fully saturated rings. The lowest BCUT2D eigenvalue weighted by molar-refractivity contribution is -0.116. The van der Waals surface area contributed by atoms with Crippen molar-refractivity contribution < 1.29 is 18.3 Å². The molecule has 0 aliphatic heterocycles. The number of hydrogen-bond acceptors (Lipinski definition) is 3. The first-order valence-corrected chi connectivity index (χ1v) is 8.68. The van der Waals surface area contributed by atoms with Crippen LogP contribution in [0.25, 0.3) is 6.08 Å². The van der Waals surface area contributed by atoms with Gasteiger partial charge in [-0.2, -0.15) is 0 Å². The van der Waals surface area contributed by atoms with Gasteiger partial charge < -0.3 is 10.1 Å². The molecule has 2 aromatic carbocycles. The number of carbonyl (C=O) groups excluding carboxylic acids is 1. The van der Waals surface area contributed by atoms with E-state index in [1.165, 1.54) is 12.2 Å². The molecular weight excluding hydrogens is 362 g/mol. The first-order valence-electron chi connectivity index (χ1n) is 8.68. The predicted octanol–water partition coefficient (Wildman–Crippen LogP) is 4.52. The summed E-state index contributed by atoms with van der Waals surface area (Å²) in [4.78, 5) is 15.8. The van der Waals surface area contributed by atoms with E-state index in [-0.39, 0.29) is 11.5 Å². The van der Waals surface area contributed by atoms with E-state index in [9.17, 15) is 13.6 Å². The van der Waals surface area contributed by atoms with Gasteiger partial charge in [0.05, 0.1) is 0 Å². The highest BCUT2D eigenvalue weighted by Crippen LogP contribution is 2.21. The molecule has 6 heteroatoms. The fourth-order valence-electron chi connectivity index (χ4n) is 2.50. The lowest BCUT2D eigenvalue weighted by atomic mass is 10.1. The molecular formula is C22H18F2N2O2. The van der Waals surface area contributed by atoms with Crippen LogP contribution < -0.4 is 10.1 Å². The van der Waals surface area contributed by atoms with Crippen molar-refractivity contribution in [2.24, 2.45) is 0 Å². The zero-order valence-electron chi connectivity index (χ0n) is 14.9. The Morgan fingerprint density at radius 2 is 1.86 bits per heavy atom. The molecule has 4 nitrogen and oxygen atoms in total. The third-order valence-electron chi connectivity index (χ3n) is 3.87. The molecule has 0 spiro atoms. The third kappa shape index (κ3) is 5.74. The van der Waals surface area contributed by atoms with Crippen LogP contribution in [0.4, 0.5) is 8.78 Å². The number of nitrogens with zero attached hydrogens (tertiary/aromatic N) is 1. The van der Waals surface area contributed by atoms with Gasteiger partial charge in [-0.1, -0.05) is 12.1 Å². The molecule has 3 aromatic rings. The quantitative estimate of drug-likeness (QED) is 0.613. The minimum Gasteiger partial charge on any atom is -0.457 e. The normalized spacial score (nSPS) is 10.8. The second kappa shape index (κ2) is 9.41. The molecule has 3 rings (SSSR count). The van der Waals surface area contributed by atoms with Crippen LogP contribution in [0.15, 0.2) is 73.1 Å². The summed E-state index contributed by atoms with van der Waals surface area (Å²) in [6.07, 6.45) is 6.33. The number of ether oxygens (including phenoxy) is 1. The lowest BCUT2D eigenvalue weighted by Gasteiger charge is -2.08. The molecule has 0 atom stereocenters. The first kappa shape index (κ1) is 19.2. The van der Waals surface area contributed by atoms with E-state index >= 15 is 0 Å². The molecule has 0 aliphatic rings. The maximum Gasteiger partial charge on any atom is 0.244 e. The van der Waals surface area contributed by atoms with E-state index in [0.29, 0.717) is 24.5 Å². The Labute approximate surface area is 161 Å². The zero-order chi connectivity index (χ0) is 19.8. The first-order chi connectivity index (χ1) is 13.6. The van der Waals surface area contributed by atoms with Crippen molar-refractivity contribution in [1.29, 1.82) is 0 Å². The van der Waals surface area contributed by atoms with Crippen molar-refractivity contribution in [3.8, 4) is 11.5 Å². The summed E-state index contributed by atoms with van der Waals surface area (Å²) >= 11 is 0. The van der Waals surface area contributed by atoms with Crippen LogP contribution in [-0.4, -0.2) is 17.4 Å². The maximum atomic E-state index is 13.5. The van der Waals surface area contributed by atoms with Gasteiger partial charge in [0.15, 0.2) is 0 Å². The highest BCUT2D eigenvalue weighted by atomic mass is 19.1. The molecule has 1 heterocycles. The standard InChI is InChI=1S/C22H18F2N2O2/c23-18-5-6-21(24)17(15-18)4-7-22(27)26-13-8-16-2-1-3-20(14-16)28-19-9-11-25-12-10-19/h1-7,9-12,14-15H,8,13H2,(H,26,27). The zero-order valence-corrected chi connectivity index (χ0v) is 14.9. The van der Waals surface area contributed by atoms with Crippen LogP contribution in [0, 0.1) is 11.6 Å². The van der Waals surface area contributed by atoms with Crippen LogP contribution in [-0.2, 0) is 11.2 Å². The second-order valence-electron chi connectivity index (χ2n) is 5.97. The summed E-state index contributed by atoms with van der Waals surface area (Å²) < 4.78 is 32.4. The van der Waals surface area contributed by atoms with Gasteiger partial charge in [0.1, 0.15) is 23.1 Å². The van der Waals surface area contributed by atoms with Crippen molar-refractivity contribution in [2.45, 2.75) is 6.42 Å². The van der Waals surface area contributed by atoms with Crippen LogP contribution >= 0.6 is 0 Å². The largest absolute Gasteiger partial charge is 0.457 e. The smallest absolute Gasteiger partial charge is 0.244 e. The van der Waals surface area contributed by atoms with Gasteiger partial charge in [-0.05, 0) is 60.5 Å². The van der Waals surface area contributed by atoms with Gasteiger partial charge in [0, 0.05) is 30.6 Å². The predicted molar refractivity (Wildman–Crippen MR) is 103 cm³/mol. The van der Waals surface area contributed by atoms with E-state index in [0.717, 1.165) is 23.8 Å². The van der Waals surface area contributed by atoms with E-state index < -0.39 is 11.6 Å². The number of rotatable bonds is 7. The number of benzene rings is 2. The topological polar surface area (TPSA) is 51.2 Å². The van der Waals surface area contributed by atoms with E-state index in [1.807, 2.05) is 24.3 Å². The summed E-state index contributed by atoms with van der Waals surface area (Å²) in [5.41, 5.74) is 1.02. The maximum absolute atomic E-state index is 13.5. The molecule has 0 bridgehead atoms. The monoisotopic (exact) mass is 380 g/mol. The Morgan fingerprint density at radius 3 is 2.68 bits per heavy atom. The van der Waals surface area contributed by atoms with Crippen molar-refractivity contribution in [1.82, 2.24) is 10.3 Å². The molecule has 142 valence electrons. The number of pyridine rings is 1. The van der Waals surface area contributed by atoms with Crippen molar-refractivity contribution >= 4 is 12.0 Å². The summed E-state index contributed by atoms with van der Waals surface area (Å²) in [6.45, 7) is 0.396. The van der Waals surface area contributed by atoms with Crippen LogP contribution in [0.3, 0.4) is 0 Å². The third-order valence-corrected chi connectivity index (χ3v) is 3.87. The Morgan fingerprint density at radius 1 is 1.04 bits per heavy atom. The Hall–Kier alpha value is -3.54. The SMILES string of the molecule is O=C(C=Cc1cc(F)ccc1F)NCCc1cccc(Oc2ccncc2)c1. The summed E-state index contributed by atoms with van der Waals surface area (Å²) in [7, 11) is 0. The summed E-state index contributed by atoms with van der Waals surface area (Å²) in [6, 6.07) is 14.2. The van der Waals surface area contributed by atoms with Gasteiger partial charge in [0.25, 0.3) is 0 Å². The summed E-state index contributed by atoms with van der Waals surface area (Å²) in [5.74, 6) is -0.147. The molecule has 0 saturated heterocycles. The van der Waals surface area contributed by atoms with E-state index in [1.54, 1.807) is 24.5 Å². The molecule has 0 aliphatic carbocycles. The van der Waals surface area contributed by atoms with E-state index in [2.05, 4.69) is 10.3 Å². The minimum absolute atomic E-state index is 0.0242. The molecule has 1 aromatic heterocycles. The van der Waals surface area contributed by atoms with Crippen molar-refractivity contribution in [3.63, 3.8) is 0 Å². The van der Waals surface area contributed by atoms with Gasteiger partial charge in [-0.25, -0.2) is 8.78 Å².